The van der Waals surface area contributed by atoms with E-state index in [-0.39, 0.29) is 29.6 Å². The Morgan fingerprint density at radius 3 is 2.48 bits per heavy atom. The lowest BCUT2D eigenvalue weighted by molar-refractivity contribution is 0.0473. The molecule has 0 heterocycles. The molecule has 0 amide bonds. The van der Waals surface area contributed by atoms with E-state index in [4.69, 9.17) is 14.2 Å². The Morgan fingerprint density at radius 2 is 1.95 bits per heavy atom. The number of carbonyl (C=O) groups excluding carboxylic acids is 1. The monoisotopic (exact) mass is 332 g/mol. The third-order valence-electron chi connectivity index (χ3n) is 2.51. The van der Waals surface area contributed by atoms with E-state index >= 15 is 0 Å². The van der Waals surface area contributed by atoms with Crippen LogP contribution in [0, 0.1) is 5.82 Å². The lowest BCUT2D eigenvalue weighted by Crippen LogP contribution is -2.09. The summed E-state index contributed by atoms with van der Waals surface area (Å²) in [5.41, 5.74) is 0.0511. The SMILES string of the molecule is COCOc1c(F)ccc(OC)c1C(=O)C=C(SC)SC. The van der Waals surface area contributed by atoms with Crippen LogP contribution in [0.3, 0.4) is 0 Å². The van der Waals surface area contributed by atoms with Gasteiger partial charge in [0, 0.05) is 17.4 Å². The van der Waals surface area contributed by atoms with Gasteiger partial charge in [-0.25, -0.2) is 4.39 Å². The van der Waals surface area contributed by atoms with Gasteiger partial charge in [0.1, 0.15) is 11.3 Å². The van der Waals surface area contributed by atoms with Gasteiger partial charge in [0.05, 0.1) is 7.11 Å². The molecule has 7 heteroatoms. The van der Waals surface area contributed by atoms with Crippen molar-refractivity contribution >= 4 is 29.3 Å². The van der Waals surface area contributed by atoms with E-state index in [0.29, 0.717) is 0 Å². The lowest BCUT2D eigenvalue weighted by atomic mass is 10.1. The molecule has 0 aliphatic heterocycles. The highest BCUT2D eigenvalue weighted by atomic mass is 32.2. The second-order valence-corrected chi connectivity index (χ2v) is 5.70. The summed E-state index contributed by atoms with van der Waals surface area (Å²) < 4.78 is 29.8. The smallest absolute Gasteiger partial charge is 0.195 e. The van der Waals surface area contributed by atoms with Gasteiger partial charge in [-0.3, -0.25) is 4.79 Å². The molecule has 1 aromatic rings. The van der Waals surface area contributed by atoms with Crippen LogP contribution in [0.25, 0.3) is 0 Å². The maximum absolute atomic E-state index is 13.9. The van der Waals surface area contributed by atoms with Gasteiger partial charge in [-0.15, -0.1) is 23.5 Å². The van der Waals surface area contributed by atoms with Crippen LogP contribution in [0.5, 0.6) is 11.5 Å². The molecule has 1 aromatic carbocycles. The zero-order valence-electron chi connectivity index (χ0n) is 12.3. The fourth-order valence-corrected chi connectivity index (χ4v) is 2.70. The normalized spacial score (nSPS) is 10.1. The first-order valence-electron chi connectivity index (χ1n) is 5.91. The largest absolute Gasteiger partial charge is 0.496 e. The molecule has 0 unspecified atom stereocenters. The predicted octanol–water partition coefficient (Wildman–Crippen LogP) is 3.57. The summed E-state index contributed by atoms with van der Waals surface area (Å²) in [6.45, 7) is -0.161. The molecule has 0 radical (unpaired) electrons. The van der Waals surface area contributed by atoms with Crippen molar-refractivity contribution in [2.24, 2.45) is 0 Å². The molecule has 0 atom stereocenters. The van der Waals surface area contributed by atoms with Gasteiger partial charge in [0.15, 0.2) is 24.1 Å². The highest BCUT2D eigenvalue weighted by molar-refractivity contribution is 8.21. The second kappa shape index (κ2) is 8.96. The van der Waals surface area contributed by atoms with Crippen molar-refractivity contribution in [2.45, 2.75) is 0 Å². The number of hydrogen-bond acceptors (Lipinski definition) is 6. The fourth-order valence-electron chi connectivity index (χ4n) is 1.58. The van der Waals surface area contributed by atoms with Crippen LogP contribution in [-0.4, -0.2) is 39.3 Å². The molecule has 0 aliphatic rings. The van der Waals surface area contributed by atoms with Crippen LogP contribution in [-0.2, 0) is 4.74 Å². The zero-order valence-corrected chi connectivity index (χ0v) is 13.9. The number of thioether (sulfide) groups is 2. The molecule has 0 aliphatic carbocycles. The van der Waals surface area contributed by atoms with Gasteiger partial charge in [0.2, 0.25) is 0 Å². The van der Waals surface area contributed by atoms with Crippen LogP contribution >= 0.6 is 23.5 Å². The van der Waals surface area contributed by atoms with E-state index in [1.54, 1.807) is 0 Å². The van der Waals surface area contributed by atoms with Crippen molar-refractivity contribution in [3.63, 3.8) is 0 Å². The van der Waals surface area contributed by atoms with Gasteiger partial charge < -0.3 is 14.2 Å². The number of carbonyl (C=O) groups is 1. The average Bonchev–Trinajstić information content (AvgIpc) is 2.50. The maximum atomic E-state index is 13.9. The number of methoxy groups -OCH3 is 2. The third kappa shape index (κ3) is 4.66. The molecule has 0 saturated carbocycles. The summed E-state index contributed by atoms with van der Waals surface area (Å²) in [6.07, 6.45) is 5.16. The van der Waals surface area contributed by atoms with Crippen LogP contribution in [0.15, 0.2) is 22.4 Å². The van der Waals surface area contributed by atoms with Gasteiger partial charge in [-0.2, -0.15) is 0 Å². The van der Waals surface area contributed by atoms with E-state index in [1.807, 2.05) is 12.5 Å². The van der Waals surface area contributed by atoms with E-state index in [1.165, 1.54) is 56.0 Å². The van der Waals surface area contributed by atoms with Crippen molar-refractivity contribution in [1.82, 2.24) is 0 Å². The molecule has 1 rings (SSSR count). The van der Waals surface area contributed by atoms with Crippen molar-refractivity contribution in [1.29, 1.82) is 0 Å². The minimum atomic E-state index is -0.639. The van der Waals surface area contributed by atoms with Crippen LogP contribution < -0.4 is 9.47 Å². The number of halogens is 1. The molecular weight excluding hydrogens is 315 g/mol. The Balaban J connectivity index is 3.32. The first-order chi connectivity index (χ1) is 10.1. The number of allylic oxidation sites excluding steroid dienone is 1. The van der Waals surface area contributed by atoms with Gasteiger partial charge >= 0.3 is 0 Å². The number of hydrogen-bond donors (Lipinski definition) is 0. The summed E-state index contributed by atoms with van der Waals surface area (Å²) >= 11 is 2.87. The van der Waals surface area contributed by atoms with Crippen molar-refractivity contribution < 1.29 is 23.4 Å². The van der Waals surface area contributed by atoms with Crippen LogP contribution in [0.1, 0.15) is 10.4 Å². The van der Waals surface area contributed by atoms with E-state index in [0.717, 1.165) is 4.24 Å². The molecular formula is C14H17FO4S2. The second-order valence-electron chi connectivity index (χ2n) is 3.74. The summed E-state index contributed by atoms with van der Waals surface area (Å²) in [5.74, 6) is -0.931. The quantitative estimate of drug-likeness (QED) is 0.412. The van der Waals surface area contributed by atoms with E-state index < -0.39 is 5.82 Å². The number of ether oxygens (including phenoxy) is 3. The maximum Gasteiger partial charge on any atom is 0.195 e. The van der Waals surface area contributed by atoms with Gasteiger partial charge in [0.25, 0.3) is 0 Å². The molecule has 116 valence electrons. The summed E-state index contributed by atoms with van der Waals surface area (Å²) in [6, 6.07) is 2.59. The lowest BCUT2D eigenvalue weighted by Gasteiger charge is -2.13. The molecule has 0 saturated heterocycles. The Morgan fingerprint density at radius 1 is 1.29 bits per heavy atom. The first kappa shape index (κ1) is 17.9. The molecule has 0 fully saturated rings. The highest BCUT2D eigenvalue weighted by Gasteiger charge is 2.21. The Kier molecular flexibility index (Phi) is 7.63. The summed E-state index contributed by atoms with van der Waals surface area (Å²) in [4.78, 5) is 12.4. The minimum absolute atomic E-state index is 0.0511. The van der Waals surface area contributed by atoms with E-state index in [2.05, 4.69) is 0 Å². The van der Waals surface area contributed by atoms with E-state index in [9.17, 15) is 9.18 Å². The first-order valence-corrected chi connectivity index (χ1v) is 8.36. The topological polar surface area (TPSA) is 44.8 Å². The van der Waals surface area contributed by atoms with Gasteiger partial charge in [-0.05, 0) is 24.6 Å². The predicted molar refractivity (Wildman–Crippen MR) is 84.9 cm³/mol. The third-order valence-corrected chi connectivity index (χ3v) is 4.55. The van der Waals surface area contributed by atoms with Crippen LogP contribution in [0.2, 0.25) is 0 Å². The highest BCUT2D eigenvalue weighted by Crippen LogP contribution is 2.34. The molecule has 0 spiro atoms. The fraction of sp³-hybridized carbons (Fsp3) is 0.357. The Bertz CT molecular complexity index is 526. The number of rotatable bonds is 8. The Labute approximate surface area is 132 Å². The van der Waals surface area contributed by atoms with Gasteiger partial charge in [-0.1, -0.05) is 0 Å². The molecule has 0 N–H and O–H groups in total. The van der Waals surface area contributed by atoms with Crippen molar-refractivity contribution in [2.75, 3.05) is 33.5 Å². The summed E-state index contributed by atoms with van der Waals surface area (Å²) in [5, 5.41) is 0. The zero-order chi connectivity index (χ0) is 15.8. The Hall–Kier alpha value is -1.18. The molecule has 0 bridgehead atoms. The standard InChI is InChI=1S/C14H17FO4S2/c1-17-8-19-14-9(15)5-6-11(18-2)13(14)10(16)7-12(20-3)21-4/h5-7H,8H2,1-4H3. The van der Waals surface area contributed by atoms with Crippen LogP contribution in [0.4, 0.5) is 4.39 Å². The van der Waals surface area contributed by atoms with Crippen molar-refractivity contribution in [3.05, 3.63) is 33.8 Å². The molecule has 0 aromatic heterocycles. The molecule has 21 heavy (non-hydrogen) atoms. The van der Waals surface area contributed by atoms with Crippen molar-refractivity contribution in [3.8, 4) is 11.5 Å². The number of ketones is 1. The summed E-state index contributed by atoms with van der Waals surface area (Å²) in [7, 11) is 2.83. The molecule has 4 nitrogen and oxygen atoms in total. The minimum Gasteiger partial charge on any atom is -0.496 e. The average molecular weight is 332 g/mol. The number of benzene rings is 1.